The summed E-state index contributed by atoms with van der Waals surface area (Å²) in [5, 5.41) is 3.75. The van der Waals surface area contributed by atoms with Crippen molar-refractivity contribution in [2.75, 3.05) is 44.3 Å². The van der Waals surface area contributed by atoms with Crippen LogP contribution in [0.1, 0.15) is 43.9 Å². The number of hydrogen-bond donors (Lipinski definition) is 1. The first-order chi connectivity index (χ1) is 15.2. The van der Waals surface area contributed by atoms with Gasteiger partial charge in [-0.2, -0.15) is 13.2 Å². The molecule has 2 saturated heterocycles. The Morgan fingerprint density at radius 1 is 1.16 bits per heavy atom. The van der Waals surface area contributed by atoms with Crippen molar-refractivity contribution >= 4 is 11.7 Å². The van der Waals surface area contributed by atoms with Crippen LogP contribution < -0.4 is 10.2 Å². The van der Waals surface area contributed by atoms with Gasteiger partial charge < -0.3 is 19.9 Å². The van der Waals surface area contributed by atoms with Crippen molar-refractivity contribution in [1.82, 2.24) is 15.2 Å². The van der Waals surface area contributed by atoms with Gasteiger partial charge in [0.05, 0.1) is 12.2 Å². The highest BCUT2D eigenvalue weighted by Crippen LogP contribution is 2.33. The number of aromatic nitrogens is 1. The largest absolute Gasteiger partial charge is 0.416 e. The molecular weight excluding hydrogens is 421 g/mol. The van der Waals surface area contributed by atoms with E-state index in [1.807, 2.05) is 9.80 Å². The summed E-state index contributed by atoms with van der Waals surface area (Å²) >= 11 is 0. The second-order valence-electron chi connectivity index (χ2n) is 9.49. The lowest BCUT2D eigenvalue weighted by Gasteiger charge is -2.37. The standard InChI is InChI=1S/C23H33F3N4O2/c1-15-14-32-10-5-20(15)28-19-4-3-17(12-19)22(31)30-8-6-29(7-9-30)21-13-18(23(24,25)26)11-16(2)27-21/h11,13,15,17,19-20,28H,3-10,12,14H2,1-2H3. The molecule has 0 spiro atoms. The van der Waals surface area contributed by atoms with Gasteiger partial charge in [-0.3, -0.25) is 4.79 Å². The van der Waals surface area contributed by atoms with Gasteiger partial charge in [0.25, 0.3) is 0 Å². The molecule has 0 aromatic carbocycles. The topological polar surface area (TPSA) is 57.7 Å². The van der Waals surface area contributed by atoms with Crippen molar-refractivity contribution < 1.29 is 22.7 Å². The highest BCUT2D eigenvalue weighted by molar-refractivity contribution is 5.79. The summed E-state index contributed by atoms with van der Waals surface area (Å²) in [6.07, 6.45) is -0.620. The number of ether oxygens (including phenoxy) is 1. The normalized spacial score (nSPS) is 29.4. The predicted octanol–water partition coefficient (Wildman–Crippen LogP) is 3.24. The summed E-state index contributed by atoms with van der Waals surface area (Å²) in [5.74, 6) is 1.03. The maximum Gasteiger partial charge on any atom is 0.416 e. The quantitative estimate of drug-likeness (QED) is 0.757. The van der Waals surface area contributed by atoms with E-state index < -0.39 is 11.7 Å². The minimum absolute atomic E-state index is 0.0307. The fraction of sp³-hybridized carbons (Fsp3) is 0.739. The molecule has 1 aromatic heterocycles. The summed E-state index contributed by atoms with van der Waals surface area (Å²) in [4.78, 5) is 21.1. The second-order valence-corrected chi connectivity index (χ2v) is 9.49. The molecule has 1 aliphatic carbocycles. The first-order valence-corrected chi connectivity index (χ1v) is 11.6. The number of aryl methyl sites for hydroxylation is 1. The van der Waals surface area contributed by atoms with Gasteiger partial charge in [0.15, 0.2) is 0 Å². The summed E-state index contributed by atoms with van der Waals surface area (Å²) in [6, 6.07) is 2.99. The van der Waals surface area contributed by atoms with Gasteiger partial charge >= 0.3 is 6.18 Å². The number of piperazine rings is 1. The molecule has 3 aliphatic rings. The molecule has 32 heavy (non-hydrogen) atoms. The number of halogens is 3. The highest BCUT2D eigenvalue weighted by atomic mass is 19.4. The Bertz CT molecular complexity index is 811. The summed E-state index contributed by atoms with van der Waals surface area (Å²) < 4.78 is 45.0. The number of carbonyl (C=O) groups excluding carboxylic acids is 1. The van der Waals surface area contributed by atoms with Gasteiger partial charge in [-0.05, 0) is 50.7 Å². The molecule has 3 heterocycles. The van der Waals surface area contributed by atoms with Crippen LogP contribution in [0.2, 0.25) is 0 Å². The molecule has 1 aromatic rings. The molecule has 0 radical (unpaired) electrons. The van der Waals surface area contributed by atoms with Crippen LogP contribution >= 0.6 is 0 Å². The van der Waals surface area contributed by atoms with E-state index in [1.165, 1.54) is 0 Å². The summed E-state index contributed by atoms with van der Waals surface area (Å²) in [5.41, 5.74) is -0.335. The smallest absolute Gasteiger partial charge is 0.381 e. The molecule has 4 rings (SSSR count). The summed E-state index contributed by atoms with van der Waals surface area (Å²) in [7, 11) is 0. The average Bonchev–Trinajstić information content (AvgIpc) is 3.22. The van der Waals surface area contributed by atoms with Gasteiger partial charge in [-0.25, -0.2) is 4.98 Å². The van der Waals surface area contributed by atoms with Crippen LogP contribution in [0.25, 0.3) is 0 Å². The number of rotatable bonds is 4. The molecular formula is C23H33F3N4O2. The number of alkyl halides is 3. The summed E-state index contributed by atoms with van der Waals surface area (Å²) in [6.45, 7) is 7.38. The Kier molecular flexibility index (Phi) is 6.95. The second kappa shape index (κ2) is 9.55. The molecule has 6 nitrogen and oxygen atoms in total. The first kappa shape index (κ1) is 23.3. The van der Waals surface area contributed by atoms with Gasteiger partial charge in [-0.1, -0.05) is 6.92 Å². The van der Waals surface area contributed by atoms with Crippen molar-refractivity contribution in [3.63, 3.8) is 0 Å². The zero-order valence-corrected chi connectivity index (χ0v) is 18.8. The Balaban J connectivity index is 1.29. The average molecular weight is 455 g/mol. The predicted molar refractivity (Wildman–Crippen MR) is 115 cm³/mol. The van der Waals surface area contributed by atoms with Crippen LogP contribution in [-0.2, 0) is 15.7 Å². The molecule has 3 fully saturated rings. The monoisotopic (exact) mass is 454 g/mol. The van der Waals surface area contributed by atoms with E-state index in [0.29, 0.717) is 55.7 Å². The number of nitrogens with one attached hydrogen (secondary N) is 1. The van der Waals surface area contributed by atoms with E-state index in [2.05, 4.69) is 17.2 Å². The maximum atomic E-state index is 13.1. The Morgan fingerprint density at radius 3 is 2.59 bits per heavy atom. The van der Waals surface area contributed by atoms with E-state index in [0.717, 1.165) is 51.0 Å². The lowest BCUT2D eigenvalue weighted by molar-refractivity contribution is -0.137. The van der Waals surface area contributed by atoms with Crippen molar-refractivity contribution in [2.45, 2.75) is 57.8 Å². The lowest BCUT2D eigenvalue weighted by atomic mass is 9.96. The van der Waals surface area contributed by atoms with Crippen LogP contribution in [0.15, 0.2) is 12.1 Å². The number of hydrogen-bond acceptors (Lipinski definition) is 5. The first-order valence-electron chi connectivity index (χ1n) is 11.6. The fourth-order valence-electron chi connectivity index (χ4n) is 5.18. The third-order valence-electron chi connectivity index (χ3n) is 7.06. The number of nitrogens with zero attached hydrogens (tertiary/aromatic N) is 3. The van der Waals surface area contributed by atoms with Gasteiger partial charge in [0.2, 0.25) is 5.91 Å². The lowest BCUT2D eigenvalue weighted by Crippen LogP contribution is -2.50. The van der Waals surface area contributed by atoms with Crippen LogP contribution in [0.4, 0.5) is 19.0 Å². The zero-order valence-electron chi connectivity index (χ0n) is 18.8. The van der Waals surface area contributed by atoms with Crippen molar-refractivity contribution in [2.24, 2.45) is 11.8 Å². The molecule has 4 unspecified atom stereocenters. The van der Waals surface area contributed by atoms with E-state index in [4.69, 9.17) is 4.74 Å². The highest BCUT2D eigenvalue weighted by Gasteiger charge is 2.36. The van der Waals surface area contributed by atoms with Crippen molar-refractivity contribution in [3.8, 4) is 0 Å². The number of amides is 1. The Labute approximate surface area is 187 Å². The molecule has 1 N–H and O–H groups in total. The van der Waals surface area contributed by atoms with E-state index in [-0.39, 0.29) is 11.8 Å². The number of pyridine rings is 1. The van der Waals surface area contributed by atoms with Crippen LogP contribution in [0, 0.1) is 18.8 Å². The molecule has 0 bridgehead atoms. The van der Waals surface area contributed by atoms with Crippen LogP contribution in [0.3, 0.4) is 0 Å². The van der Waals surface area contributed by atoms with Crippen molar-refractivity contribution in [3.05, 3.63) is 23.4 Å². The van der Waals surface area contributed by atoms with Crippen LogP contribution in [0.5, 0.6) is 0 Å². The van der Waals surface area contributed by atoms with Crippen LogP contribution in [-0.4, -0.2) is 67.3 Å². The van der Waals surface area contributed by atoms with Gasteiger partial charge in [0.1, 0.15) is 5.82 Å². The molecule has 1 amide bonds. The Morgan fingerprint density at radius 2 is 1.91 bits per heavy atom. The van der Waals surface area contributed by atoms with E-state index in [1.54, 1.807) is 6.92 Å². The third kappa shape index (κ3) is 5.36. The van der Waals surface area contributed by atoms with Gasteiger partial charge in [0, 0.05) is 56.5 Å². The maximum absolute atomic E-state index is 13.1. The zero-order chi connectivity index (χ0) is 22.9. The fourth-order valence-corrected chi connectivity index (χ4v) is 5.18. The number of carbonyl (C=O) groups is 1. The van der Waals surface area contributed by atoms with E-state index in [9.17, 15) is 18.0 Å². The van der Waals surface area contributed by atoms with E-state index >= 15 is 0 Å². The molecule has 178 valence electrons. The Hall–Kier alpha value is -1.87. The minimum Gasteiger partial charge on any atom is -0.381 e. The SMILES string of the molecule is Cc1cc(C(F)(F)F)cc(N2CCN(C(=O)C3CCC(NC4CCOCC4C)C3)CC2)n1. The van der Waals surface area contributed by atoms with Gasteiger partial charge in [-0.15, -0.1) is 0 Å². The molecule has 9 heteroatoms. The van der Waals surface area contributed by atoms with Crippen molar-refractivity contribution in [1.29, 1.82) is 0 Å². The number of anilines is 1. The molecule has 2 aliphatic heterocycles. The third-order valence-corrected chi connectivity index (χ3v) is 7.06. The molecule has 4 atom stereocenters. The molecule has 1 saturated carbocycles. The minimum atomic E-state index is -4.39.